The Morgan fingerprint density at radius 3 is 2.90 bits per heavy atom. The van der Waals surface area contributed by atoms with Gasteiger partial charge < -0.3 is 10.6 Å². The predicted octanol–water partition coefficient (Wildman–Crippen LogP) is 3.50. The number of para-hydroxylation sites is 1. The van der Waals surface area contributed by atoms with E-state index in [1.807, 2.05) is 6.07 Å². The molecule has 3 nitrogen and oxygen atoms in total. The van der Waals surface area contributed by atoms with E-state index >= 15 is 0 Å². The number of carbonyl (C=O) groups is 1. The van der Waals surface area contributed by atoms with Gasteiger partial charge in [0.25, 0.3) is 0 Å². The van der Waals surface area contributed by atoms with Gasteiger partial charge in [0.1, 0.15) is 6.04 Å². The van der Waals surface area contributed by atoms with Crippen LogP contribution in [0.3, 0.4) is 0 Å². The van der Waals surface area contributed by atoms with Gasteiger partial charge in [0.15, 0.2) is 0 Å². The summed E-state index contributed by atoms with van der Waals surface area (Å²) in [5, 5.41) is 6.67. The second kappa shape index (κ2) is 5.70. The Kier molecular flexibility index (Phi) is 3.92. The molecule has 1 aliphatic heterocycles. The number of rotatable bonds is 2. The van der Waals surface area contributed by atoms with Crippen LogP contribution in [-0.2, 0) is 11.2 Å². The van der Waals surface area contributed by atoms with Crippen LogP contribution in [0.4, 0.5) is 5.69 Å². The maximum Gasteiger partial charge on any atom is 0.242 e. The molecule has 1 saturated carbocycles. The molecule has 21 heavy (non-hydrogen) atoms. The normalized spacial score (nSPS) is 27.3. The number of hydrogen-bond donors (Lipinski definition) is 2. The molecule has 0 saturated heterocycles. The van der Waals surface area contributed by atoms with Gasteiger partial charge in [-0.05, 0) is 49.1 Å². The molecule has 114 valence electrons. The van der Waals surface area contributed by atoms with Crippen molar-refractivity contribution in [3.8, 4) is 0 Å². The quantitative estimate of drug-likeness (QED) is 0.873. The summed E-state index contributed by atoms with van der Waals surface area (Å²) in [6, 6.07) is 8.56. The summed E-state index contributed by atoms with van der Waals surface area (Å²) in [6.07, 6.45) is 6.59. The summed E-state index contributed by atoms with van der Waals surface area (Å²) in [7, 11) is 0. The Hall–Kier alpha value is -1.51. The van der Waals surface area contributed by atoms with E-state index in [-0.39, 0.29) is 11.9 Å². The van der Waals surface area contributed by atoms with Crippen molar-refractivity contribution in [1.29, 1.82) is 0 Å². The summed E-state index contributed by atoms with van der Waals surface area (Å²) in [6.45, 7) is 4.61. The largest absolute Gasteiger partial charge is 0.373 e. The van der Waals surface area contributed by atoms with Crippen molar-refractivity contribution in [3.05, 3.63) is 29.8 Å². The van der Waals surface area contributed by atoms with Gasteiger partial charge in [-0.3, -0.25) is 4.79 Å². The highest BCUT2D eigenvalue weighted by molar-refractivity contribution is 5.85. The lowest BCUT2D eigenvalue weighted by Crippen LogP contribution is -2.48. The first-order valence-corrected chi connectivity index (χ1v) is 8.18. The molecule has 1 aromatic carbocycles. The first kappa shape index (κ1) is 14.4. The monoisotopic (exact) mass is 286 g/mol. The van der Waals surface area contributed by atoms with E-state index in [4.69, 9.17) is 0 Å². The number of benzene rings is 1. The zero-order valence-electron chi connectivity index (χ0n) is 13.1. The van der Waals surface area contributed by atoms with Crippen LogP contribution in [0.2, 0.25) is 0 Å². The molecule has 2 unspecified atom stereocenters. The average Bonchev–Trinajstić information content (AvgIpc) is 2.45. The van der Waals surface area contributed by atoms with Crippen LogP contribution in [0.1, 0.15) is 51.5 Å². The molecule has 0 bridgehead atoms. The molecule has 3 rings (SSSR count). The zero-order chi connectivity index (χ0) is 14.9. The molecular weight excluding hydrogens is 260 g/mol. The highest BCUT2D eigenvalue weighted by atomic mass is 16.2. The van der Waals surface area contributed by atoms with E-state index in [0.717, 1.165) is 31.4 Å². The molecule has 1 aromatic rings. The van der Waals surface area contributed by atoms with Crippen LogP contribution in [0, 0.1) is 5.41 Å². The summed E-state index contributed by atoms with van der Waals surface area (Å²) >= 11 is 0. The van der Waals surface area contributed by atoms with E-state index < -0.39 is 0 Å². The summed E-state index contributed by atoms with van der Waals surface area (Å²) in [5.41, 5.74) is 2.80. The number of aryl methyl sites for hydroxylation is 1. The first-order chi connectivity index (χ1) is 10.0. The van der Waals surface area contributed by atoms with Crippen molar-refractivity contribution >= 4 is 11.6 Å². The highest BCUT2D eigenvalue weighted by Gasteiger charge is 2.31. The third-order valence-electron chi connectivity index (χ3n) is 4.92. The van der Waals surface area contributed by atoms with Gasteiger partial charge in [-0.2, -0.15) is 0 Å². The van der Waals surface area contributed by atoms with Crippen molar-refractivity contribution in [2.24, 2.45) is 5.41 Å². The smallest absolute Gasteiger partial charge is 0.242 e. The Labute approximate surface area is 127 Å². The molecule has 2 aliphatic rings. The van der Waals surface area contributed by atoms with E-state index in [1.54, 1.807) is 0 Å². The molecule has 1 amide bonds. The molecular formula is C18H26N2O. The Balaban J connectivity index is 1.59. The molecule has 0 aromatic heterocycles. The van der Waals surface area contributed by atoms with Crippen molar-refractivity contribution in [3.63, 3.8) is 0 Å². The van der Waals surface area contributed by atoms with Crippen LogP contribution in [0.25, 0.3) is 0 Å². The number of nitrogens with one attached hydrogen (secondary N) is 2. The lowest BCUT2D eigenvalue weighted by atomic mass is 9.75. The zero-order valence-corrected chi connectivity index (χ0v) is 13.1. The Morgan fingerprint density at radius 2 is 2.10 bits per heavy atom. The standard InChI is InChI=1S/C18H26N2O/c1-18(2)11-5-7-14(12-18)19-17(21)16-10-9-13-6-3-4-8-15(13)20-16/h3-4,6,8,14,16,20H,5,7,9-12H2,1-2H3,(H,19,21). The number of fused-ring (bicyclic) bond motifs is 1. The fourth-order valence-corrected chi connectivity index (χ4v) is 3.76. The summed E-state index contributed by atoms with van der Waals surface area (Å²) < 4.78 is 0. The van der Waals surface area contributed by atoms with E-state index in [2.05, 4.69) is 42.7 Å². The van der Waals surface area contributed by atoms with Crippen LogP contribution in [0.15, 0.2) is 24.3 Å². The lowest BCUT2D eigenvalue weighted by Gasteiger charge is -2.36. The third-order valence-corrected chi connectivity index (χ3v) is 4.92. The molecule has 1 fully saturated rings. The minimum atomic E-state index is -0.0788. The lowest BCUT2D eigenvalue weighted by molar-refractivity contribution is -0.123. The van der Waals surface area contributed by atoms with Gasteiger partial charge in [-0.15, -0.1) is 0 Å². The van der Waals surface area contributed by atoms with Gasteiger partial charge >= 0.3 is 0 Å². The third kappa shape index (κ3) is 3.39. The van der Waals surface area contributed by atoms with Crippen molar-refractivity contribution in [2.45, 2.75) is 64.5 Å². The number of anilines is 1. The average molecular weight is 286 g/mol. The maximum absolute atomic E-state index is 12.5. The van der Waals surface area contributed by atoms with Gasteiger partial charge in [0.05, 0.1) is 0 Å². The summed E-state index contributed by atoms with van der Waals surface area (Å²) in [4.78, 5) is 12.5. The SMILES string of the molecule is CC1(C)CCCC(NC(=O)C2CCc3ccccc3N2)C1. The fraction of sp³-hybridized carbons (Fsp3) is 0.611. The fourth-order valence-electron chi connectivity index (χ4n) is 3.76. The molecule has 2 atom stereocenters. The van der Waals surface area contributed by atoms with Crippen molar-refractivity contribution < 1.29 is 4.79 Å². The van der Waals surface area contributed by atoms with Gasteiger partial charge in [-0.25, -0.2) is 0 Å². The maximum atomic E-state index is 12.5. The van der Waals surface area contributed by atoms with E-state index in [1.165, 1.54) is 18.4 Å². The molecule has 3 heteroatoms. The van der Waals surface area contributed by atoms with E-state index in [9.17, 15) is 4.79 Å². The molecule has 1 heterocycles. The number of carbonyl (C=O) groups excluding carboxylic acids is 1. The van der Waals surface area contributed by atoms with Crippen molar-refractivity contribution in [2.75, 3.05) is 5.32 Å². The molecule has 2 N–H and O–H groups in total. The molecule has 0 spiro atoms. The van der Waals surface area contributed by atoms with Crippen LogP contribution >= 0.6 is 0 Å². The topological polar surface area (TPSA) is 41.1 Å². The van der Waals surface area contributed by atoms with Crippen LogP contribution < -0.4 is 10.6 Å². The highest BCUT2D eigenvalue weighted by Crippen LogP contribution is 2.35. The Morgan fingerprint density at radius 1 is 1.29 bits per heavy atom. The van der Waals surface area contributed by atoms with E-state index in [0.29, 0.717) is 11.5 Å². The van der Waals surface area contributed by atoms with Gasteiger partial charge in [-0.1, -0.05) is 38.5 Å². The molecule has 1 aliphatic carbocycles. The Bertz CT molecular complexity index is 524. The predicted molar refractivity (Wildman–Crippen MR) is 86.4 cm³/mol. The van der Waals surface area contributed by atoms with Gasteiger partial charge in [0, 0.05) is 11.7 Å². The first-order valence-electron chi connectivity index (χ1n) is 8.18. The van der Waals surface area contributed by atoms with Crippen molar-refractivity contribution in [1.82, 2.24) is 5.32 Å². The minimum Gasteiger partial charge on any atom is -0.373 e. The second-order valence-electron chi connectivity index (χ2n) is 7.36. The number of amides is 1. The minimum absolute atomic E-state index is 0.0788. The van der Waals surface area contributed by atoms with Gasteiger partial charge in [0.2, 0.25) is 5.91 Å². The van der Waals surface area contributed by atoms with Crippen LogP contribution in [0.5, 0.6) is 0 Å². The summed E-state index contributed by atoms with van der Waals surface area (Å²) in [5.74, 6) is 0.173. The van der Waals surface area contributed by atoms with Crippen LogP contribution in [-0.4, -0.2) is 18.0 Å². The second-order valence-corrected chi connectivity index (χ2v) is 7.36. The number of hydrogen-bond acceptors (Lipinski definition) is 2. The molecule has 0 radical (unpaired) electrons.